The van der Waals surface area contributed by atoms with E-state index in [0.717, 1.165) is 18.4 Å². The SMILES string of the molecule is CCCCN1C(=O)c2ccc(C(=O)OCc3ccc(C#N)cc3)cc2C1=O. The summed E-state index contributed by atoms with van der Waals surface area (Å²) in [5.74, 6) is -1.26. The summed E-state index contributed by atoms with van der Waals surface area (Å²) in [6.45, 7) is 2.42. The molecule has 2 aromatic rings. The maximum Gasteiger partial charge on any atom is 0.338 e. The van der Waals surface area contributed by atoms with Crippen LogP contribution in [-0.4, -0.2) is 29.2 Å². The van der Waals surface area contributed by atoms with Crippen LogP contribution in [0.5, 0.6) is 0 Å². The van der Waals surface area contributed by atoms with Crippen LogP contribution in [0.25, 0.3) is 0 Å². The number of hydrogen-bond acceptors (Lipinski definition) is 5. The monoisotopic (exact) mass is 362 g/mol. The molecule has 0 aromatic heterocycles. The minimum Gasteiger partial charge on any atom is -0.457 e. The van der Waals surface area contributed by atoms with Crippen LogP contribution in [0.1, 0.15) is 62.0 Å². The van der Waals surface area contributed by atoms with Gasteiger partial charge in [-0.2, -0.15) is 5.26 Å². The quantitative estimate of drug-likeness (QED) is 0.581. The fourth-order valence-corrected chi connectivity index (χ4v) is 2.84. The normalized spacial score (nSPS) is 12.7. The van der Waals surface area contributed by atoms with E-state index in [1.54, 1.807) is 24.3 Å². The number of nitrogens with zero attached hydrogens (tertiary/aromatic N) is 2. The molecule has 6 heteroatoms. The second-order valence-electron chi connectivity index (χ2n) is 6.26. The highest BCUT2D eigenvalue weighted by Crippen LogP contribution is 2.25. The van der Waals surface area contributed by atoms with Gasteiger partial charge < -0.3 is 4.74 Å². The fourth-order valence-electron chi connectivity index (χ4n) is 2.84. The van der Waals surface area contributed by atoms with Crippen LogP contribution < -0.4 is 0 Å². The summed E-state index contributed by atoms with van der Waals surface area (Å²) in [6.07, 6.45) is 1.62. The highest BCUT2D eigenvalue weighted by molar-refractivity contribution is 6.21. The average molecular weight is 362 g/mol. The van der Waals surface area contributed by atoms with E-state index in [-0.39, 0.29) is 29.5 Å². The van der Waals surface area contributed by atoms with E-state index >= 15 is 0 Å². The van der Waals surface area contributed by atoms with Gasteiger partial charge in [-0.3, -0.25) is 14.5 Å². The molecule has 0 saturated heterocycles. The number of carbonyl (C=O) groups excluding carboxylic acids is 3. The Labute approximate surface area is 157 Å². The molecule has 0 saturated carbocycles. The number of unbranched alkanes of at least 4 members (excludes halogenated alkanes) is 1. The van der Waals surface area contributed by atoms with Gasteiger partial charge in [0, 0.05) is 6.54 Å². The van der Waals surface area contributed by atoms with Crippen molar-refractivity contribution in [3.05, 3.63) is 70.3 Å². The van der Waals surface area contributed by atoms with Gasteiger partial charge in [-0.05, 0) is 42.3 Å². The van der Waals surface area contributed by atoms with Gasteiger partial charge in [-0.25, -0.2) is 4.79 Å². The molecule has 0 N–H and O–H groups in total. The van der Waals surface area contributed by atoms with E-state index in [0.29, 0.717) is 17.7 Å². The van der Waals surface area contributed by atoms with E-state index in [1.807, 2.05) is 13.0 Å². The highest BCUT2D eigenvalue weighted by Gasteiger charge is 2.35. The number of fused-ring (bicyclic) bond motifs is 1. The standard InChI is InChI=1S/C21H18N2O4/c1-2-3-10-23-19(24)17-9-8-16(11-18(17)20(23)25)21(26)27-13-15-6-4-14(12-22)5-7-15/h4-9,11H,2-3,10,13H2,1H3. The Hall–Kier alpha value is -3.46. The van der Waals surface area contributed by atoms with Crippen LogP contribution in [-0.2, 0) is 11.3 Å². The molecule has 0 radical (unpaired) electrons. The largest absolute Gasteiger partial charge is 0.457 e. The second-order valence-corrected chi connectivity index (χ2v) is 6.26. The molecule has 3 rings (SSSR count). The van der Waals surface area contributed by atoms with E-state index in [4.69, 9.17) is 10.00 Å². The molecule has 2 aromatic carbocycles. The van der Waals surface area contributed by atoms with Crippen LogP contribution in [0.15, 0.2) is 42.5 Å². The predicted octanol–water partition coefficient (Wildman–Crippen LogP) is 3.31. The van der Waals surface area contributed by atoms with Crippen molar-refractivity contribution in [2.24, 2.45) is 0 Å². The van der Waals surface area contributed by atoms with Gasteiger partial charge in [0.1, 0.15) is 6.61 Å². The Kier molecular flexibility index (Phi) is 5.32. The summed E-state index contributed by atoms with van der Waals surface area (Å²) in [4.78, 5) is 38.3. The Balaban J connectivity index is 1.71. The third-order valence-electron chi connectivity index (χ3n) is 4.39. The number of hydrogen-bond donors (Lipinski definition) is 0. The summed E-state index contributed by atoms with van der Waals surface area (Å²) in [5.41, 5.74) is 2.06. The molecular formula is C21H18N2O4. The van der Waals surface area contributed by atoms with Gasteiger partial charge in [0.2, 0.25) is 0 Å². The van der Waals surface area contributed by atoms with Crippen molar-refractivity contribution >= 4 is 17.8 Å². The summed E-state index contributed by atoms with van der Waals surface area (Å²) in [7, 11) is 0. The maximum atomic E-state index is 12.5. The molecule has 0 fully saturated rings. The Morgan fingerprint density at radius 2 is 1.78 bits per heavy atom. The highest BCUT2D eigenvalue weighted by atomic mass is 16.5. The number of rotatable bonds is 6. The van der Waals surface area contributed by atoms with Crippen LogP contribution in [0.4, 0.5) is 0 Å². The number of benzene rings is 2. The molecule has 0 spiro atoms. The van der Waals surface area contributed by atoms with Crippen molar-refractivity contribution < 1.29 is 19.1 Å². The first-order valence-electron chi connectivity index (χ1n) is 8.71. The summed E-state index contributed by atoms with van der Waals surface area (Å²) in [5, 5.41) is 8.79. The number of esters is 1. The average Bonchev–Trinajstić information content (AvgIpc) is 2.94. The molecule has 27 heavy (non-hydrogen) atoms. The minimum absolute atomic E-state index is 0.0527. The minimum atomic E-state index is -0.575. The van der Waals surface area contributed by atoms with Crippen molar-refractivity contribution in [2.45, 2.75) is 26.4 Å². The third kappa shape index (κ3) is 3.72. The van der Waals surface area contributed by atoms with E-state index < -0.39 is 5.97 Å². The molecule has 136 valence electrons. The molecule has 0 atom stereocenters. The Bertz CT molecular complexity index is 942. The molecule has 6 nitrogen and oxygen atoms in total. The van der Waals surface area contributed by atoms with E-state index in [2.05, 4.69) is 0 Å². The van der Waals surface area contributed by atoms with Crippen LogP contribution in [0.2, 0.25) is 0 Å². The number of imide groups is 1. The molecule has 1 heterocycles. The first-order chi connectivity index (χ1) is 13.0. The Morgan fingerprint density at radius 1 is 1.07 bits per heavy atom. The second kappa shape index (κ2) is 7.83. The van der Waals surface area contributed by atoms with Crippen molar-refractivity contribution in [3.8, 4) is 6.07 Å². The summed E-state index contributed by atoms with van der Waals surface area (Å²) < 4.78 is 5.27. The predicted molar refractivity (Wildman–Crippen MR) is 97.0 cm³/mol. The maximum absolute atomic E-state index is 12.5. The lowest BCUT2D eigenvalue weighted by atomic mass is 10.1. The van der Waals surface area contributed by atoms with Crippen LogP contribution in [0.3, 0.4) is 0 Å². The van der Waals surface area contributed by atoms with E-state index in [9.17, 15) is 14.4 Å². The summed E-state index contributed by atoms with van der Waals surface area (Å²) in [6, 6.07) is 13.1. The molecule has 2 amide bonds. The van der Waals surface area contributed by atoms with Gasteiger partial charge in [-0.1, -0.05) is 25.5 Å². The zero-order chi connectivity index (χ0) is 19.4. The Morgan fingerprint density at radius 3 is 2.44 bits per heavy atom. The third-order valence-corrected chi connectivity index (χ3v) is 4.39. The first kappa shape index (κ1) is 18.3. The summed E-state index contributed by atoms with van der Waals surface area (Å²) >= 11 is 0. The van der Waals surface area contributed by atoms with Gasteiger partial charge in [0.05, 0.1) is 28.3 Å². The van der Waals surface area contributed by atoms with Crippen LogP contribution >= 0.6 is 0 Å². The van der Waals surface area contributed by atoms with Crippen molar-refractivity contribution in [2.75, 3.05) is 6.54 Å². The molecule has 0 aliphatic carbocycles. The van der Waals surface area contributed by atoms with Crippen molar-refractivity contribution in [1.29, 1.82) is 5.26 Å². The number of carbonyl (C=O) groups is 3. The van der Waals surface area contributed by atoms with Gasteiger partial charge in [0.25, 0.3) is 11.8 Å². The van der Waals surface area contributed by atoms with Crippen molar-refractivity contribution in [1.82, 2.24) is 4.90 Å². The fraction of sp³-hybridized carbons (Fsp3) is 0.238. The smallest absolute Gasteiger partial charge is 0.338 e. The van der Waals surface area contributed by atoms with Crippen molar-refractivity contribution in [3.63, 3.8) is 0 Å². The molecular weight excluding hydrogens is 344 g/mol. The number of nitriles is 1. The number of ether oxygens (including phenoxy) is 1. The van der Waals surface area contributed by atoms with Crippen LogP contribution in [0, 0.1) is 11.3 Å². The topological polar surface area (TPSA) is 87.5 Å². The molecule has 0 bridgehead atoms. The number of amides is 2. The van der Waals surface area contributed by atoms with Gasteiger partial charge >= 0.3 is 5.97 Å². The molecule has 1 aliphatic heterocycles. The zero-order valence-electron chi connectivity index (χ0n) is 14.9. The van der Waals surface area contributed by atoms with Gasteiger partial charge in [-0.15, -0.1) is 0 Å². The molecule has 1 aliphatic rings. The van der Waals surface area contributed by atoms with E-state index in [1.165, 1.54) is 23.1 Å². The lowest BCUT2D eigenvalue weighted by Crippen LogP contribution is -2.30. The molecule has 0 unspecified atom stereocenters. The lowest BCUT2D eigenvalue weighted by Gasteiger charge is -2.12. The lowest BCUT2D eigenvalue weighted by molar-refractivity contribution is 0.0472. The van der Waals surface area contributed by atoms with Gasteiger partial charge in [0.15, 0.2) is 0 Å². The zero-order valence-corrected chi connectivity index (χ0v) is 14.9. The first-order valence-corrected chi connectivity index (χ1v) is 8.71.